The summed E-state index contributed by atoms with van der Waals surface area (Å²) >= 11 is 5.96. The molecule has 1 fully saturated rings. The van der Waals surface area contributed by atoms with Crippen molar-refractivity contribution in [3.05, 3.63) is 35.2 Å². The van der Waals surface area contributed by atoms with Crippen LogP contribution in [0.1, 0.15) is 18.5 Å². The summed E-state index contributed by atoms with van der Waals surface area (Å²) in [5.74, 6) is 0. The molecule has 4 nitrogen and oxygen atoms in total. The summed E-state index contributed by atoms with van der Waals surface area (Å²) in [6.07, 6.45) is 6.63. The van der Waals surface area contributed by atoms with Gasteiger partial charge in [-0.2, -0.15) is 0 Å². The second-order valence-corrected chi connectivity index (χ2v) is 5.51. The van der Waals surface area contributed by atoms with E-state index in [1.807, 2.05) is 28.9 Å². The fourth-order valence-corrected chi connectivity index (χ4v) is 2.73. The summed E-state index contributed by atoms with van der Waals surface area (Å²) in [4.78, 5) is 7.06. The first-order chi connectivity index (χ1) is 9.31. The number of nitrogens with zero attached hydrogens (tertiary/aromatic N) is 3. The molecule has 2 aromatic rings. The summed E-state index contributed by atoms with van der Waals surface area (Å²) < 4.78 is 1.97. The van der Waals surface area contributed by atoms with E-state index in [0.717, 1.165) is 36.0 Å². The maximum Gasteiger partial charge on any atom is 0.137 e. The van der Waals surface area contributed by atoms with Crippen molar-refractivity contribution in [2.45, 2.75) is 19.4 Å². The summed E-state index contributed by atoms with van der Waals surface area (Å²) in [5, 5.41) is 4.19. The van der Waals surface area contributed by atoms with Crippen LogP contribution in [0.25, 0.3) is 5.65 Å². The molecular weight excluding hydrogens is 260 g/mol. The number of imidazole rings is 1. The molecule has 0 atom stereocenters. The van der Waals surface area contributed by atoms with Crippen molar-refractivity contribution < 1.29 is 0 Å². The van der Waals surface area contributed by atoms with E-state index in [1.54, 1.807) is 0 Å². The van der Waals surface area contributed by atoms with Crippen molar-refractivity contribution in [2.24, 2.45) is 0 Å². The van der Waals surface area contributed by atoms with Crippen molar-refractivity contribution in [2.75, 3.05) is 26.2 Å². The van der Waals surface area contributed by atoms with Crippen LogP contribution in [0.3, 0.4) is 0 Å². The van der Waals surface area contributed by atoms with Crippen molar-refractivity contribution in [1.82, 2.24) is 19.6 Å². The van der Waals surface area contributed by atoms with E-state index in [0.29, 0.717) is 0 Å². The Morgan fingerprint density at radius 1 is 1.21 bits per heavy atom. The highest BCUT2D eigenvalue weighted by atomic mass is 35.5. The number of likely N-dealkylation sites (tertiary alicyclic amines) is 1. The van der Waals surface area contributed by atoms with Gasteiger partial charge in [-0.25, -0.2) is 4.98 Å². The molecule has 0 radical (unpaired) electrons. The number of fused-ring (bicyclic) bond motifs is 1. The Kier molecular flexibility index (Phi) is 4.01. The largest absolute Gasteiger partial charge is 0.310 e. The van der Waals surface area contributed by atoms with Crippen molar-refractivity contribution in [3.63, 3.8) is 0 Å². The van der Waals surface area contributed by atoms with Crippen molar-refractivity contribution in [1.29, 1.82) is 0 Å². The fraction of sp³-hybridized carbons (Fsp3) is 0.500. The van der Waals surface area contributed by atoms with Gasteiger partial charge in [-0.15, -0.1) is 0 Å². The fourth-order valence-electron chi connectivity index (χ4n) is 2.56. The Hall–Kier alpha value is -1.10. The number of nitrogens with one attached hydrogen (secondary N) is 1. The molecular formula is C14H19ClN4. The molecule has 5 heteroatoms. The maximum atomic E-state index is 5.96. The van der Waals surface area contributed by atoms with Gasteiger partial charge in [-0.1, -0.05) is 11.6 Å². The molecule has 2 aromatic heterocycles. The summed E-state index contributed by atoms with van der Waals surface area (Å²) in [7, 11) is 0. The molecule has 0 aromatic carbocycles. The predicted octanol–water partition coefficient (Wildman–Crippen LogP) is 2.17. The molecule has 102 valence electrons. The van der Waals surface area contributed by atoms with Gasteiger partial charge in [0.1, 0.15) is 5.65 Å². The van der Waals surface area contributed by atoms with Gasteiger partial charge in [-0.3, -0.25) is 0 Å². The normalized spacial score (nSPS) is 16.5. The summed E-state index contributed by atoms with van der Waals surface area (Å²) in [6.45, 7) is 5.49. The Labute approximate surface area is 118 Å². The number of rotatable bonds is 5. The standard InChI is InChI=1S/C14H19ClN4/c15-12-3-4-14-17-13(11-19(14)10-12)9-16-5-8-18-6-1-2-7-18/h3-4,10-11,16H,1-2,5-9H2. The molecule has 0 aliphatic carbocycles. The zero-order valence-corrected chi connectivity index (χ0v) is 11.7. The topological polar surface area (TPSA) is 32.6 Å². The Bertz CT molecular complexity index is 545. The minimum Gasteiger partial charge on any atom is -0.310 e. The average Bonchev–Trinajstić information content (AvgIpc) is 3.02. The summed E-state index contributed by atoms with van der Waals surface area (Å²) in [6, 6.07) is 3.81. The van der Waals surface area contributed by atoms with E-state index in [4.69, 9.17) is 11.6 Å². The van der Waals surface area contributed by atoms with Crippen molar-refractivity contribution >= 4 is 17.2 Å². The van der Waals surface area contributed by atoms with E-state index in [2.05, 4.69) is 15.2 Å². The smallest absolute Gasteiger partial charge is 0.137 e. The minimum atomic E-state index is 0.735. The monoisotopic (exact) mass is 278 g/mol. The maximum absolute atomic E-state index is 5.96. The quantitative estimate of drug-likeness (QED) is 0.851. The van der Waals surface area contributed by atoms with Gasteiger partial charge in [0.25, 0.3) is 0 Å². The lowest BCUT2D eigenvalue weighted by molar-refractivity contribution is 0.335. The van der Waals surface area contributed by atoms with E-state index < -0.39 is 0 Å². The van der Waals surface area contributed by atoms with E-state index in [-0.39, 0.29) is 0 Å². The van der Waals surface area contributed by atoms with Crippen LogP contribution in [-0.4, -0.2) is 40.5 Å². The van der Waals surface area contributed by atoms with Gasteiger partial charge < -0.3 is 14.6 Å². The molecule has 1 aliphatic heterocycles. The van der Waals surface area contributed by atoms with Gasteiger partial charge in [0.2, 0.25) is 0 Å². The lowest BCUT2D eigenvalue weighted by Crippen LogP contribution is -2.29. The first kappa shape index (κ1) is 12.9. The van der Waals surface area contributed by atoms with Gasteiger partial charge in [0.05, 0.1) is 10.7 Å². The number of halogens is 1. The third-order valence-electron chi connectivity index (χ3n) is 3.57. The van der Waals surface area contributed by atoms with Crippen LogP contribution in [0.5, 0.6) is 0 Å². The molecule has 0 amide bonds. The highest BCUT2D eigenvalue weighted by Crippen LogP contribution is 2.11. The predicted molar refractivity (Wildman–Crippen MR) is 77.6 cm³/mol. The van der Waals surface area contributed by atoms with Crippen LogP contribution >= 0.6 is 11.6 Å². The third kappa shape index (κ3) is 3.26. The first-order valence-electron chi connectivity index (χ1n) is 6.87. The Morgan fingerprint density at radius 2 is 2.05 bits per heavy atom. The number of pyridine rings is 1. The molecule has 1 N–H and O–H groups in total. The Balaban J connectivity index is 1.50. The third-order valence-corrected chi connectivity index (χ3v) is 3.80. The van der Waals surface area contributed by atoms with Crippen LogP contribution in [0.4, 0.5) is 0 Å². The highest BCUT2D eigenvalue weighted by molar-refractivity contribution is 6.30. The lowest BCUT2D eigenvalue weighted by atomic mass is 10.4. The van der Waals surface area contributed by atoms with E-state index >= 15 is 0 Å². The molecule has 1 saturated heterocycles. The molecule has 19 heavy (non-hydrogen) atoms. The zero-order chi connectivity index (χ0) is 13.1. The SMILES string of the molecule is Clc1ccc2nc(CNCCN3CCCC3)cn2c1. The van der Waals surface area contributed by atoms with Gasteiger partial charge >= 0.3 is 0 Å². The summed E-state index contributed by atoms with van der Waals surface area (Å²) in [5.41, 5.74) is 2.00. The average molecular weight is 279 g/mol. The molecule has 0 unspecified atom stereocenters. The van der Waals surface area contributed by atoms with Gasteiger partial charge in [0.15, 0.2) is 0 Å². The number of hydrogen-bond donors (Lipinski definition) is 1. The number of aromatic nitrogens is 2. The molecule has 3 heterocycles. The minimum absolute atomic E-state index is 0.735. The Morgan fingerprint density at radius 3 is 2.89 bits per heavy atom. The lowest BCUT2D eigenvalue weighted by Gasteiger charge is -2.14. The van der Waals surface area contributed by atoms with Crippen LogP contribution in [0, 0.1) is 0 Å². The molecule has 0 bridgehead atoms. The van der Waals surface area contributed by atoms with E-state index in [9.17, 15) is 0 Å². The molecule has 0 saturated carbocycles. The molecule has 0 spiro atoms. The van der Waals surface area contributed by atoms with E-state index in [1.165, 1.54) is 25.9 Å². The van der Waals surface area contributed by atoms with Gasteiger partial charge in [-0.05, 0) is 38.1 Å². The van der Waals surface area contributed by atoms with Crippen molar-refractivity contribution in [3.8, 4) is 0 Å². The second-order valence-electron chi connectivity index (χ2n) is 5.07. The zero-order valence-electron chi connectivity index (χ0n) is 11.0. The molecule has 1 aliphatic rings. The number of hydrogen-bond acceptors (Lipinski definition) is 3. The highest BCUT2D eigenvalue weighted by Gasteiger charge is 2.10. The van der Waals surface area contributed by atoms with Crippen LogP contribution < -0.4 is 5.32 Å². The van der Waals surface area contributed by atoms with Gasteiger partial charge in [0, 0.05) is 32.0 Å². The van der Waals surface area contributed by atoms with Crippen LogP contribution in [0.2, 0.25) is 5.02 Å². The first-order valence-corrected chi connectivity index (χ1v) is 7.25. The molecule has 3 rings (SSSR count). The van der Waals surface area contributed by atoms with Crippen LogP contribution in [-0.2, 0) is 6.54 Å². The second kappa shape index (κ2) is 5.90. The van der Waals surface area contributed by atoms with Crippen LogP contribution in [0.15, 0.2) is 24.5 Å².